The van der Waals surface area contributed by atoms with Crippen LogP contribution in [-0.2, 0) is 4.79 Å². The minimum atomic E-state index is -1.05. The number of fused-ring (bicyclic) bond motifs is 1. The maximum Gasteiger partial charge on any atom is 0.335 e. The van der Waals surface area contributed by atoms with Gasteiger partial charge in [-0.05, 0) is 76.6 Å². The molecule has 4 aromatic rings. The number of carboxylic acids is 1. The molecular weight excluding hydrogens is 460 g/mol. The Balaban J connectivity index is 1.55. The molecule has 0 spiro atoms. The molecule has 1 fully saturated rings. The van der Waals surface area contributed by atoms with Crippen molar-refractivity contribution in [3.05, 3.63) is 119 Å². The largest absolute Gasteiger partial charge is 0.478 e. The number of benzene rings is 4. The van der Waals surface area contributed by atoms with Crippen LogP contribution in [0.15, 0.2) is 107 Å². The van der Waals surface area contributed by atoms with Gasteiger partial charge >= 0.3 is 5.97 Å². The molecule has 0 bridgehead atoms. The number of aromatic carboxylic acids is 1. The lowest BCUT2D eigenvalue weighted by molar-refractivity contribution is -0.120. The van der Waals surface area contributed by atoms with Crippen molar-refractivity contribution in [1.29, 1.82) is 0 Å². The number of carboxylic acid groups (broad SMARTS) is 1. The summed E-state index contributed by atoms with van der Waals surface area (Å²) in [5, 5.41) is 11.5. The van der Waals surface area contributed by atoms with Gasteiger partial charge in [-0.3, -0.25) is 9.59 Å². The Hall–Kier alpha value is -4.49. The third kappa shape index (κ3) is 4.62. The van der Waals surface area contributed by atoms with Crippen LogP contribution in [0.25, 0.3) is 16.8 Å². The van der Waals surface area contributed by atoms with Crippen LogP contribution in [-0.4, -0.2) is 33.0 Å². The van der Waals surface area contributed by atoms with Crippen molar-refractivity contribution >= 4 is 57.2 Å². The molecule has 1 aliphatic rings. The Kier molecular flexibility index (Phi) is 5.99. The second-order valence-corrected chi connectivity index (χ2v) is 8.78. The van der Waals surface area contributed by atoms with E-state index >= 15 is 0 Å². The molecule has 7 heteroatoms. The monoisotopic (exact) mass is 478 g/mol. The zero-order valence-corrected chi connectivity index (χ0v) is 19.1. The number of carbonyl (C=O) groups excluding carboxylic acids is 2. The van der Waals surface area contributed by atoms with Gasteiger partial charge in [0.05, 0.1) is 16.2 Å². The predicted molar refractivity (Wildman–Crippen MR) is 138 cm³/mol. The van der Waals surface area contributed by atoms with Crippen molar-refractivity contribution in [3.63, 3.8) is 0 Å². The van der Waals surface area contributed by atoms with Gasteiger partial charge in [0.2, 0.25) is 0 Å². The van der Waals surface area contributed by atoms with Gasteiger partial charge in [-0.2, -0.15) is 0 Å². The van der Waals surface area contributed by atoms with Crippen molar-refractivity contribution in [1.82, 2.24) is 4.90 Å². The maximum atomic E-state index is 13.4. The van der Waals surface area contributed by atoms with Crippen LogP contribution in [0.4, 0.5) is 5.69 Å². The van der Waals surface area contributed by atoms with E-state index in [2.05, 4.69) is 4.99 Å². The molecular formula is C28H18N2O4S. The van der Waals surface area contributed by atoms with Gasteiger partial charge in [0.1, 0.15) is 0 Å². The first kappa shape index (κ1) is 22.3. The summed E-state index contributed by atoms with van der Waals surface area (Å²) in [7, 11) is 0. The number of carbonyl (C=O) groups is 3. The summed E-state index contributed by atoms with van der Waals surface area (Å²) in [5.74, 6) is -1.99. The summed E-state index contributed by atoms with van der Waals surface area (Å²) in [6.45, 7) is 0. The zero-order valence-electron chi connectivity index (χ0n) is 18.3. The first-order valence-electron chi connectivity index (χ1n) is 10.7. The van der Waals surface area contributed by atoms with Crippen molar-refractivity contribution in [2.24, 2.45) is 4.99 Å². The van der Waals surface area contributed by atoms with E-state index in [0.717, 1.165) is 33.0 Å². The Bertz CT molecular complexity index is 1530. The Morgan fingerprint density at radius 1 is 0.800 bits per heavy atom. The molecule has 2 amide bonds. The quantitative estimate of drug-likeness (QED) is 0.288. The van der Waals surface area contributed by atoms with Crippen LogP contribution in [0, 0.1) is 0 Å². The minimum absolute atomic E-state index is 0.123. The number of hydrogen-bond donors (Lipinski definition) is 1. The molecule has 0 unspecified atom stereocenters. The number of hydrogen-bond acceptors (Lipinski definition) is 5. The standard InChI is InChI=1S/C28H18N2O4S/c31-25(20-7-2-1-3-8-20)30-26(32)24(17-18-10-11-19-6-4-5-9-22(19)16-18)35-28(30)29-23-14-12-21(13-15-23)27(33)34/h1-17H,(H,33,34)/b24-17+,29-28?. The average Bonchev–Trinajstić information content (AvgIpc) is 3.18. The average molecular weight is 479 g/mol. The molecule has 6 nitrogen and oxygen atoms in total. The maximum absolute atomic E-state index is 13.4. The lowest BCUT2D eigenvalue weighted by Crippen LogP contribution is -2.35. The summed E-state index contributed by atoms with van der Waals surface area (Å²) in [4.78, 5) is 43.8. The van der Waals surface area contributed by atoms with Crippen molar-refractivity contribution < 1.29 is 19.5 Å². The molecule has 1 heterocycles. The second kappa shape index (κ2) is 9.40. The lowest BCUT2D eigenvalue weighted by atomic mass is 10.1. The smallest absolute Gasteiger partial charge is 0.335 e. The summed E-state index contributed by atoms with van der Waals surface area (Å²) in [6, 6.07) is 28.3. The number of amides is 2. The SMILES string of the molecule is O=C(O)c1ccc(N=C2S/C(=C/c3ccc4ccccc4c3)C(=O)N2C(=O)c2ccccc2)cc1. The van der Waals surface area contributed by atoms with Gasteiger partial charge in [0.15, 0.2) is 5.17 Å². The summed E-state index contributed by atoms with van der Waals surface area (Å²) in [5.41, 5.74) is 1.75. The molecule has 4 aromatic carbocycles. The van der Waals surface area contributed by atoms with E-state index in [9.17, 15) is 14.4 Å². The van der Waals surface area contributed by atoms with Crippen molar-refractivity contribution in [2.75, 3.05) is 0 Å². The number of amidine groups is 1. The molecule has 0 radical (unpaired) electrons. The summed E-state index contributed by atoms with van der Waals surface area (Å²) >= 11 is 1.11. The van der Waals surface area contributed by atoms with Crippen LogP contribution in [0.5, 0.6) is 0 Å². The molecule has 0 aliphatic carbocycles. The Labute approximate surface area is 205 Å². The number of nitrogens with zero attached hydrogens (tertiary/aromatic N) is 2. The van der Waals surface area contributed by atoms with Crippen molar-refractivity contribution in [2.45, 2.75) is 0 Å². The van der Waals surface area contributed by atoms with Gasteiger partial charge in [0.25, 0.3) is 11.8 Å². The summed E-state index contributed by atoms with van der Waals surface area (Å²) < 4.78 is 0. The third-order valence-electron chi connectivity index (χ3n) is 5.44. The van der Waals surface area contributed by atoms with Crippen LogP contribution in [0.3, 0.4) is 0 Å². The van der Waals surface area contributed by atoms with Crippen LogP contribution in [0.1, 0.15) is 26.3 Å². The molecule has 1 N–H and O–H groups in total. The highest BCUT2D eigenvalue weighted by atomic mass is 32.2. The minimum Gasteiger partial charge on any atom is -0.478 e. The first-order valence-corrected chi connectivity index (χ1v) is 11.6. The van der Waals surface area contributed by atoms with Gasteiger partial charge < -0.3 is 5.11 Å². The second-order valence-electron chi connectivity index (χ2n) is 7.78. The van der Waals surface area contributed by atoms with E-state index in [1.54, 1.807) is 36.4 Å². The number of rotatable bonds is 4. The molecule has 0 atom stereocenters. The molecule has 35 heavy (non-hydrogen) atoms. The van der Waals surface area contributed by atoms with Crippen LogP contribution in [0.2, 0.25) is 0 Å². The molecule has 170 valence electrons. The highest BCUT2D eigenvalue weighted by Crippen LogP contribution is 2.35. The highest BCUT2D eigenvalue weighted by molar-refractivity contribution is 8.18. The molecule has 1 aliphatic heterocycles. The normalized spacial score (nSPS) is 15.8. The van der Waals surface area contributed by atoms with Crippen molar-refractivity contribution in [3.8, 4) is 0 Å². The van der Waals surface area contributed by atoms with Gasteiger partial charge in [-0.1, -0.05) is 54.6 Å². The number of thioether (sulfide) groups is 1. The van der Waals surface area contributed by atoms with E-state index in [1.807, 2.05) is 42.5 Å². The number of imide groups is 1. The van der Waals surface area contributed by atoms with Gasteiger partial charge in [-0.15, -0.1) is 0 Å². The first-order chi connectivity index (χ1) is 17.0. The highest BCUT2D eigenvalue weighted by Gasteiger charge is 2.38. The fourth-order valence-electron chi connectivity index (χ4n) is 3.68. The third-order valence-corrected chi connectivity index (χ3v) is 6.41. The Morgan fingerprint density at radius 2 is 1.49 bits per heavy atom. The van der Waals surface area contributed by atoms with E-state index in [1.165, 1.54) is 24.3 Å². The van der Waals surface area contributed by atoms with E-state index in [0.29, 0.717) is 16.2 Å². The fraction of sp³-hybridized carbons (Fsp3) is 0. The lowest BCUT2D eigenvalue weighted by Gasteiger charge is -2.13. The zero-order chi connectivity index (χ0) is 24.4. The molecule has 0 aromatic heterocycles. The van der Waals surface area contributed by atoms with E-state index in [-0.39, 0.29) is 10.7 Å². The van der Waals surface area contributed by atoms with Gasteiger partial charge in [0, 0.05) is 5.56 Å². The van der Waals surface area contributed by atoms with E-state index in [4.69, 9.17) is 5.11 Å². The molecule has 0 saturated carbocycles. The topological polar surface area (TPSA) is 87.0 Å². The summed E-state index contributed by atoms with van der Waals surface area (Å²) in [6.07, 6.45) is 1.75. The number of aliphatic imine (C=N–C) groups is 1. The molecule has 5 rings (SSSR count). The van der Waals surface area contributed by atoms with E-state index < -0.39 is 17.8 Å². The predicted octanol–water partition coefficient (Wildman–Crippen LogP) is 5.98. The fourth-order valence-corrected chi connectivity index (χ4v) is 4.65. The van der Waals surface area contributed by atoms with Gasteiger partial charge in [-0.25, -0.2) is 14.7 Å². The van der Waals surface area contributed by atoms with Crippen LogP contribution >= 0.6 is 11.8 Å². The Morgan fingerprint density at radius 3 is 2.20 bits per heavy atom. The molecule has 1 saturated heterocycles. The van der Waals surface area contributed by atoms with Crippen LogP contribution < -0.4 is 0 Å².